The van der Waals surface area contributed by atoms with E-state index in [1.165, 1.54) is 10.9 Å². The number of ether oxygens (including phenoxy) is 1. The van der Waals surface area contributed by atoms with Crippen LogP contribution in [0.25, 0.3) is 10.9 Å². The molecular weight excluding hydrogens is 380 g/mol. The molecule has 0 aliphatic carbocycles. The third-order valence-electron chi connectivity index (χ3n) is 5.52. The average Bonchev–Trinajstić information content (AvgIpc) is 3.07. The van der Waals surface area contributed by atoms with E-state index in [-0.39, 0.29) is 11.9 Å². The lowest BCUT2D eigenvalue weighted by Crippen LogP contribution is -2.30. The molecule has 0 saturated heterocycles. The predicted octanol–water partition coefficient (Wildman–Crippen LogP) is 2.10. The van der Waals surface area contributed by atoms with Crippen molar-refractivity contribution in [2.45, 2.75) is 38.9 Å². The van der Waals surface area contributed by atoms with Crippen LogP contribution in [-0.4, -0.2) is 57.4 Å². The van der Waals surface area contributed by atoms with Gasteiger partial charge in [-0.2, -0.15) is 0 Å². The first-order valence-corrected chi connectivity index (χ1v) is 10.4. The summed E-state index contributed by atoms with van der Waals surface area (Å²) in [6, 6.07) is 10.4. The molecule has 30 heavy (non-hydrogen) atoms. The van der Waals surface area contributed by atoms with Gasteiger partial charge in [-0.25, -0.2) is 0 Å². The van der Waals surface area contributed by atoms with Gasteiger partial charge in [-0.3, -0.25) is 14.7 Å². The summed E-state index contributed by atoms with van der Waals surface area (Å²) in [5.41, 5.74) is 2.31. The number of hydrogen-bond donors (Lipinski definition) is 1. The molecule has 3 aromatic rings. The Morgan fingerprint density at radius 2 is 2.13 bits per heavy atom. The highest BCUT2D eigenvalue weighted by Gasteiger charge is 2.22. The number of hydrogen-bond acceptors (Lipinski definition) is 6. The van der Waals surface area contributed by atoms with E-state index in [1.54, 1.807) is 7.11 Å². The maximum Gasteiger partial charge on any atom is 0.222 e. The summed E-state index contributed by atoms with van der Waals surface area (Å²) < 4.78 is 7.13. The fourth-order valence-electron chi connectivity index (χ4n) is 3.92. The normalized spacial score (nSPS) is 15.5. The van der Waals surface area contributed by atoms with Gasteiger partial charge in [0, 0.05) is 57.7 Å². The third kappa shape index (κ3) is 4.66. The maximum atomic E-state index is 12.0. The van der Waals surface area contributed by atoms with Crippen LogP contribution in [0.3, 0.4) is 0 Å². The molecule has 1 N–H and O–H groups in total. The number of carbonyl (C=O) groups excluding carboxylic acids is 1. The number of rotatable bonds is 7. The Kier molecular flexibility index (Phi) is 6.35. The second kappa shape index (κ2) is 9.32. The Hall–Kier alpha value is -2.84. The van der Waals surface area contributed by atoms with Crippen molar-refractivity contribution in [1.29, 1.82) is 0 Å². The van der Waals surface area contributed by atoms with Gasteiger partial charge in [0.1, 0.15) is 5.82 Å². The number of fused-ring (bicyclic) bond motifs is 2. The van der Waals surface area contributed by atoms with Gasteiger partial charge in [0.15, 0.2) is 5.82 Å². The van der Waals surface area contributed by atoms with Gasteiger partial charge in [-0.05, 0) is 30.7 Å². The molecule has 1 aromatic carbocycles. The highest BCUT2D eigenvalue weighted by atomic mass is 16.5. The number of nitrogens with one attached hydrogen (secondary N) is 1. The molecule has 0 bridgehead atoms. The molecule has 0 unspecified atom stereocenters. The van der Waals surface area contributed by atoms with Crippen molar-refractivity contribution < 1.29 is 9.53 Å². The van der Waals surface area contributed by atoms with Crippen LogP contribution in [0, 0.1) is 0 Å². The van der Waals surface area contributed by atoms with E-state index in [4.69, 9.17) is 4.74 Å². The fraction of sp³-hybridized carbons (Fsp3) is 0.455. The largest absolute Gasteiger partial charge is 0.384 e. The Bertz CT molecular complexity index is 1020. The number of benzene rings is 1. The Morgan fingerprint density at radius 1 is 1.23 bits per heavy atom. The van der Waals surface area contributed by atoms with Crippen LogP contribution in [0.4, 0.5) is 0 Å². The fourth-order valence-corrected chi connectivity index (χ4v) is 3.92. The minimum absolute atomic E-state index is 0.0391. The van der Waals surface area contributed by atoms with Gasteiger partial charge in [-0.15, -0.1) is 10.2 Å². The number of amides is 1. The summed E-state index contributed by atoms with van der Waals surface area (Å²) in [4.78, 5) is 18.9. The molecular formula is C22H28N6O2. The topological polar surface area (TPSA) is 85.2 Å². The van der Waals surface area contributed by atoms with Gasteiger partial charge in [0.05, 0.1) is 18.2 Å². The molecule has 1 atom stereocenters. The minimum atomic E-state index is -0.185. The minimum Gasteiger partial charge on any atom is -0.384 e. The molecule has 8 nitrogen and oxygen atoms in total. The summed E-state index contributed by atoms with van der Waals surface area (Å²) >= 11 is 0. The molecule has 1 aliphatic heterocycles. The van der Waals surface area contributed by atoms with Crippen LogP contribution in [0.1, 0.15) is 36.6 Å². The van der Waals surface area contributed by atoms with Crippen molar-refractivity contribution in [3.8, 4) is 0 Å². The standard InChI is InChI=1S/C22H28N6O2/c1-16(24-21(29)8-13-30-2)22-26-25-20-7-10-27(11-12-28(20)22)15-17-5-6-19-18(14-17)4-3-9-23-19/h3-6,9,14,16H,7-8,10-13,15H2,1-2H3,(H,24,29)/t16-/m1/s1. The van der Waals surface area contributed by atoms with Gasteiger partial charge < -0.3 is 14.6 Å². The molecule has 0 radical (unpaired) electrons. The quantitative estimate of drug-likeness (QED) is 0.644. The van der Waals surface area contributed by atoms with Gasteiger partial charge in [-0.1, -0.05) is 12.1 Å². The van der Waals surface area contributed by atoms with Crippen LogP contribution in [0.5, 0.6) is 0 Å². The number of aromatic nitrogens is 4. The summed E-state index contributed by atoms with van der Waals surface area (Å²) in [5, 5.41) is 12.9. The monoisotopic (exact) mass is 408 g/mol. The third-order valence-corrected chi connectivity index (χ3v) is 5.52. The molecule has 1 aliphatic rings. The lowest BCUT2D eigenvalue weighted by molar-refractivity contribution is -0.122. The van der Waals surface area contributed by atoms with Crippen molar-refractivity contribution in [3.63, 3.8) is 0 Å². The Balaban J connectivity index is 1.40. The Labute approximate surface area is 176 Å². The lowest BCUT2D eigenvalue weighted by atomic mass is 10.1. The smallest absolute Gasteiger partial charge is 0.222 e. The first-order valence-electron chi connectivity index (χ1n) is 10.4. The van der Waals surface area contributed by atoms with Crippen molar-refractivity contribution in [3.05, 3.63) is 53.7 Å². The molecule has 4 rings (SSSR count). The zero-order valence-corrected chi connectivity index (χ0v) is 17.5. The second-order valence-electron chi connectivity index (χ2n) is 7.71. The summed E-state index contributed by atoms with van der Waals surface area (Å²) in [6.07, 6.45) is 3.01. The summed E-state index contributed by atoms with van der Waals surface area (Å²) in [5.74, 6) is 1.75. The van der Waals surface area contributed by atoms with Crippen molar-refractivity contribution in [1.82, 2.24) is 30.0 Å². The van der Waals surface area contributed by atoms with Crippen LogP contribution in [0.2, 0.25) is 0 Å². The van der Waals surface area contributed by atoms with E-state index < -0.39 is 0 Å². The van der Waals surface area contributed by atoms with Crippen LogP contribution in [-0.2, 0) is 29.0 Å². The van der Waals surface area contributed by atoms with E-state index in [1.807, 2.05) is 19.2 Å². The maximum absolute atomic E-state index is 12.0. The average molecular weight is 409 g/mol. The van der Waals surface area contributed by atoms with Gasteiger partial charge in [0.2, 0.25) is 5.91 Å². The number of carbonyl (C=O) groups is 1. The zero-order chi connectivity index (χ0) is 20.9. The molecule has 0 spiro atoms. The Morgan fingerprint density at radius 3 is 3.00 bits per heavy atom. The number of methoxy groups -OCH3 is 1. The highest BCUT2D eigenvalue weighted by Crippen LogP contribution is 2.19. The molecule has 0 saturated carbocycles. The first-order chi connectivity index (χ1) is 14.6. The van der Waals surface area contributed by atoms with E-state index in [0.717, 1.165) is 49.8 Å². The molecule has 8 heteroatoms. The predicted molar refractivity (Wildman–Crippen MR) is 114 cm³/mol. The van der Waals surface area contributed by atoms with Gasteiger partial charge >= 0.3 is 0 Å². The van der Waals surface area contributed by atoms with E-state index in [0.29, 0.717) is 13.0 Å². The zero-order valence-electron chi connectivity index (χ0n) is 17.5. The molecule has 0 fully saturated rings. The SMILES string of the molecule is COCCC(=O)N[C@H](C)c1nnc2n1CCN(Cc1ccc3ncccc3c1)CC2. The first kappa shape index (κ1) is 20.4. The van der Waals surface area contributed by atoms with Crippen LogP contribution in [0.15, 0.2) is 36.5 Å². The van der Waals surface area contributed by atoms with E-state index >= 15 is 0 Å². The van der Waals surface area contributed by atoms with Crippen LogP contribution < -0.4 is 5.32 Å². The summed E-state index contributed by atoms with van der Waals surface area (Å²) in [7, 11) is 1.59. The number of nitrogens with zero attached hydrogens (tertiary/aromatic N) is 5. The number of pyridine rings is 1. The second-order valence-corrected chi connectivity index (χ2v) is 7.71. The van der Waals surface area contributed by atoms with E-state index in [2.05, 4.69) is 54.2 Å². The highest BCUT2D eigenvalue weighted by molar-refractivity contribution is 5.78. The summed E-state index contributed by atoms with van der Waals surface area (Å²) in [6.45, 7) is 5.90. The molecule has 158 valence electrons. The molecule has 2 aromatic heterocycles. The van der Waals surface area contributed by atoms with Crippen molar-refractivity contribution in [2.24, 2.45) is 0 Å². The van der Waals surface area contributed by atoms with Crippen molar-refractivity contribution >= 4 is 16.8 Å². The van der Waals surface area contributed by atoms with E-state index in [9.17, 15) is 4.79 Å². The van der Waals surface area contributed by atoms with Crippen molar-refractivity contribution in [2.75, 3.05) is 26.8 Å². The lowest BCUT2D eigenvalue weighted by Gasteiger charge is -2.20. The van der Waals surface area contributed by atoms with Gasteiger partial charge in [0.25, 0.3) is 0 Å². The van der Waals surface area contributed by atoms with Crippen LogP contribution >= 0.6 is 0 Å². The molecule has 1 amide bonds. The molecule has 3 heterocycles.